The van der Waals surface area contributed by atoms with Gasteiger partial charge in [-0.05, 0) is 12.1 Å². The Morgan fingerprint density at radius 2 is 2.04 bits per heavy atom. The topological polar surface area (TPSA) is 69.5 Å². The highest BCUT2D eigenvalue weighted by molar-refractivity contribution is 6.33. The number of ether oxygens (including phenoxy) is 2. The molecule has 0 aliphatic carbocycles. The molecule has 0 saturated carbocycles. The zero-order valence-electron chi connectivity index (χ0n) is 14.6. The Morgan fingerprint density at radius 1 is 1.21 bits per heavy atom. The minimum absolute atomic E-state index is 0.0471. The number of hydrogen-bond acceptors (Lipinski definition) is 6. The van der Waals surface area contributed by atoms with Gasteiger partial charge < -0.3 is 14.4 Å². The molecule has 1 spiro atoms. The third kappa shape index (κ3) is 3.47. The molecule has 11 heteroatoms. The van der Waals surface area contributed by atoms with Crippen molar-refractivity contribution in [1.29, 1.82) is 0 Å². The zero-order chi connectivity index (χ0) is 19.9. The van der Waals surface area contributed by atoms with Gasteiger partial charge in [0.25, 0.3) is 5.56 Å². The number of nitrogens with zero attached hydrogens (tertiary/aromatic N) is 4. The molecule has 1 atom stereocenters. The molecule has 2 aromatic heterocycles. The lowest BCUT2D eigenvalue weighted by molar-refractivity contribution is -0.137. The van der Waals surface area contributed by atoms with Crippen LogP contribution < -0.4 is 10.5 Å². The summed E-state index contributed by atoms with van der Waals surface area (Å²) in [5.41, 5.74) is -1.55. The largest absolute Gasteiger partial charge is 0.417 e. The Morgan fingerprint density at radius 3 is 2.68 bits per heavy atom. The van der Waals surface area contributed by atoms with Gasteiger partial charge in [-0.15, -0.1) is 0 Å². The van der Waals surface area contributed by atoms with Gasteiger partial charge in [0.05, 0.1) is 30.7 Å². The monoisotopic (exact) mass is 416 g/mol. The summed E-state index contributed by atoms with van der Waals surface area (Å²) >= 11 is 6.29. The molecule has 2 aliphatic heterocycles. The van der Waals surface area contributed by atoms with E-state index in [1.54, 1.807) is 0 Å². The van der Waals surface area contributed by atoms with Crippen LogP contribution in [0.15, 0.2) is 29.3 Å². The lowest BCUT2D eigenvalue weighted by Crippen LogP contribution is -2.52. The molecule has 0 N–H and O–H groups in total. The number of anilines is 1. The van der Waals surface area contributed by atoms with Crippen molar-refractivity contribution in [3.63, 3.8) is 0 Å². The maximum atomic E-state index is 12.7. The van der Waals surface area contributed by atoms with Crippen molar-refractivity contribution in [1.82, 2.24) is 14.8 Å². The molecule has 2 saturated heterocycles. The highest BCUT2D eigenvalue weighted by atomic mass is 35.5. The fourth-order valence-corrected chi connectivity index (χ4v) is 3.61. The van der Waals surface area contributed by atoms with Gasteiger partial charge in [-0.1, -0.05) is 11.6 Å². The number of aromatic nitrogens is 3. The predicted molar refractivity (Wildman–Crippen MR) is 94.0 cm³/mol. The molecule has 4 heterocycles. The van der Waals surface area contributed by atoms with E-state index in [-0.39, 0.29) is 10.8 Å². The Bertz CT molecular complexity index is 927. The molecule has 4 rings (SSSR count). The third-order valence-electron chi connectivity index (χ3n) is 4.85. The highest BCUT2D eigenvalue weighted by Crippen LogP contribution is 2.32. The van der Waals surface area contributed by atoms with Crippen LogP contribution in [0.25, 0.3) is 5.82 Å². The summed E-state index contributed by atoms with van der Waals surface area (Å²) in [6.07, 6.45) is -1.70. The van der Waals surface area contributed by atoms with Gasteiger partial charge in [0, 0.05) is 32.3 Å². The molecule has 2 fully saturated rings. The van der Waals surface area contributed by atoms with Crippen molar-refractivity contribution in [2.45, 2.75) is 18.2 Å². The van der Waals surface area contributed by atoms with Gasteiger partial charge >= 0.3 is 6.18 Å². The van der Waals surface area contributed by atoms with Crippen LogP contribution in [0.1, 0.15) is 12.0 Å². The lowest BCUT2D eigenvalue weighted by Gasteiger charge is -2.40. The predicted octanol–water partition coefficient (Wildman–Crippen LogP) is 2.30. The van der Waals surface area contributed by atoms with Crippen molar-refractivity contribution in [3.05, 3.63) is 45.5 Å². The number of pyridine rings is 1. The molecule has 1 unspecified atom stereocenters. The number of alkyl halides is 3. The van der Waals surface area contributed by atoms with Crippen LogP contribution in [-0.2, 0) is 15.7 Å². The van der Waals surface area contributed by atoms with Crippen LogP contribution in [0.5, 0.6) is 0 Å². The number of morpholine rings is 1. The van der Waals surface area contributed by atoms with E-state index < -0.39 is 22.9 Å². The van der Waals surface area contributed by atoms with E-state index in [2.05, 4.69) is 10.1 Å². The smallest absolute Gasteiger partial charge is 0.378 e. The summed E-state index contributed by atoms with van der Waals surface area (Å²) in [4.78, 5) is 18.3. The summed E-state index contributed by atoms with van der Waals surface area (Å²) in [7, 11) is 0. The van der Waals surface area contributed by atoms with E-state index >= 15 is 0 Å². The molecule has 150 valence electrons. The van der Waals surface area contributed by atoms with Crippen LogP contribution in [0.3, 0.4) is 0 Å². The summed E-state index contributed by atoms with van der Waals surface area (Å²) < 4.78 is 50.2. The molecule has 28 heavy (non-hydrogen) atoms. The van der Waals surface area contributed by atoms with Gasteiger partial charge in [-0.2, -0.15) is 23.0 Å². The van der Waals surface area contributed by atoms with E-state index in [4.69, 9.17) is 21.1 Å². The maximum Gasteiger partial charge on any atom is 0.417 e. The van der Waals surface area contributed by atoms with Gasteiger partial charge in [0.15, 0.2) is 5.82 Å². The minimum atomic E-state index is -4.51. The van der Waals surface area contributed by atoms with Gasteiger partial charge in [-0.3, -0.25) is 4.79 Å². The number of halogens is 4. The highest BCUT2D eigenvalue weighted by Gasteiger charge is 2.41. The molecule has 0 aromatic carbocycles. The molecule has 2 aromatic rings. The Kier molecular flexibility index (Phi) is 4.80. The van der Waals surface area contributed by atoms with E-state index in [0.29, 0.717) is 44.8 Å². The SMILES string of the molecule is O=c1c(Cl)c(N2CCOC3(CCOC3)C2)cnn1-c1ccc(C(F)(F)F)cn1. The molecule has 7 nitrogen and oxygen atoms in total. The van der Waals surface area contributed by atoms with E-state index in [1.165, 1.54) is 6.20 Å². The van der Waals surface area contributed by atoms with Crippen molar-refractivity contribution < 1.29 is 22.6 Å². The van der Waals surface area contributed by atoms with Crippen molar-refractivity contribution in [3.8, 4) is 5.82 Å². The van der Waals surface area contributed by atoms with E-state index in [1.807, 2.05) is 4.90 Å². The summed E-state index contributed by atoms with van der Waals surface area (Å²) in [5.74, 6) is -0.0471. The van der Waals surface area contributed by atoms with Gasteiger partial charge in [0.2, 0.25) is 0 Å². The van der Waals surface area contributed by atoms with Gasteiger partial charge in [0.1, 0.15) is 10.6 Å². The normalized spacial score (nSPS) is 22.8. The van der Waals surface area contributed by atoms with Crippen molar-refractivity contribution in [2.75, 3.05) is 37.8 Å². The standard InChI is InChI=1S/C17H16ClF3N4O3/c18-14-12(24-4-6-28-16(9-24)3-5-27-10-16)8-23-25(15(14)26)13-2-1-11(7-22-13)17(19,20)21/h1-2,7-8H,3-6,9-10H2. The fraction of sp³-hybridized carbons (Fsp3) is 0.471. The minimum Gasteiger partial charge on any atom is -0.378 e. The molecule has 2 aliphatic rings. The molecule has 0 bridgehead atoms. The summed E-state index contributed by atoms with van der Waals surface area (Å²) in [6, 6.07) is 1.91. The second-order valence-electron chi connectivity index (χ2n) is 6.72. The first-order valence-corrected chi connectivity index (χ1v) is 8.95. The average Bonchev–Trinajstić information content (AvgIpc) is 3.11. The third-order valence-corrected chi connectivity index (χ3v) is 5.20. The Hall–Kier alpha value is -2.17. The number of hydrogen-bond donors (Lipinski definition) is 0. The van der Waals surface area contributed by atoms with Crippen molar-refractivity contribution >= 4 is 17.3 Å². The first-order valence-electron chi connectivity index (χ1n) is 8.57. The number of rotatable bonds is 2. The molecule has 0 radical (unpaired) electrons. The molecule has 0 amide bonds. The van der Waals surface area contributed by atoms with E-state index in [9.17, 15) is 18.0 Å². The van der Waals surface area contributed by atoms with Crippen LogP contribution in [0.2, 0.25) is 5.02 Å². The molecular weight excluding hydrogens is 401 g/mol. The Balaban J connectivity index is 1.63. The first-order chi connectivity index (χ1) is 13.3. The summed E-state index contributed by atoms with van der Waals surface area (Å²) in [6.45, 7) is 2.59. The second-order valence-corrected chi connectivity index (χ2v) is 7.10. The van der Waals surface area contributed by atoms with Gasteiger partial charge in [-0.25, -0.2) is 4.98 Å². The fourth-order valence-electron chi connectivity index (χ4n) is 3.36. The van der Waals surface area contributed by atoms with Crippen LogP contribution in [0, 0.1) is 0 Å². The average molecular weight is 417 g/mol. The molecular formula is C17H16ClF3N4O3. The quantitative estimate of drug-likeness (QED) is 0.748. The van der Waals surface area contributed by atoms with Crippen molar-refractivity contribution in [2.24, 2.45) is 0 Å². The van der Waals surface area contributed by atoms with Crippen LogP contribution >= 0.6 is 11.6 Å². The zero-order valence-corrected chi connectivity index (χ0v) is 15.3. The van der Waals surface area contributed by atoms with Crippen LogP contribution in [0.4, 0.5) is 18.9 Å². The lowest BCUT2D eigenvalue weighted by atomic mass is 10.0. The first kappa shape index (κ1) is 19.2. The summed E-state index contributed by atoms with van der Waals surface area (Å²) in [5, 5.41) is 3.98. The Labute approximate surface area is 162 Å². The van der Waals surface area contributed by atoms with E-state index in [0.717, 1.165) is 23.2 Å². The second kappa shape index (κ2) is 7.02. The maximum absolute atomic E-state index is 12.7. The van der Waals surface area contributed by atoms with Crippen LogP contribution in [-0.4, -0.2) is 53.3 Å².